The third-order valence-corrected chi connectivity index (χ3v) is 3.92. The molecule has 2 aromatic rings. The molecule has 0 aliphatic carbocycles. The van der Waals surface area contributed by atoms with E-state index in [0.717, 1.165) is 10.3 Å². The number of benzene rings is 1. The van der Waals surface area contributed by atoms with Gasteiger partial charge in [0.05, 0.1) is 29.5 Å². The fraction of sp³-hybridized carbons (Fsp3) is 0.167. The van der Waals surface area contributed by atoms with Gasteiger partial charge in [0.1, 0.15) is 0 Å². The Bertz CT molecular complexity index is 677. The van der Waals surface area contributed by atoms with Crippen molar-refractivity contribution in [2.45, 2.75) is 11.8 Å². The molecule has 0 bridgehead atoms. The molecule has 0 spiro atoms. The Hall–Kier alpha value is -2.15. The zero-order valence-corrected chi connectivity index (χ0v) is 11.0. The van der Waals surface area contributed by atoms with E-state index in [1.807, 2.05) is 0 Å². The number of aromatic nitrogens is 2. The molecule has 0 saturated heterocycles. The van der Waals surface area contributed by atoms with Crippen molar-refractivity contribution in [3.8, 4) is 0 Å². The molecule has 0 saturated carbocycles. The number of carbonyl (C=O) groups is 1. The van der Waals surface area contributed by atoms with Crippen molar-refractivity contribution in [1.82, 2.24) is 9.19 Å². The predicted octanol–water partition coefficient (Wildman–Crippen LogP) is 1.30. The summed E-state index contributed by atoms with van der Waals surface area (Å²) in [5.74, 6) is -0.600. The Labute approximate surface area is 110 Å². The first-order valence-corrected chi connectivity index (χ1v) is 7.02. The van der Waals surface area contributed by atoms with E-state index in [2.05, 4.69) is 5.10 Å². The van der Waals surface area contributed by atoms with Crippen LogP contribution < -0.4 is 0 Å². The van der Waals surface area contributed by atoms with Gasteiger partial charge >= 0.3 is 5.97 Å². The fourth-order valence-electron chi connectivity index (χ4n) is 1.46. The van der Waals surface area contributed by atoms with Gasteiger partial charge in [-0.15, -0.1) is 0 Å². The number of hydrogen-bond donors (Lipinski definition) is 0. The average Bonchev–Trinajstić information content (AvgIpc) is 2.90. The number of rotatable bonds is 4. The molecule has 0 atom stereocenters. The van der Waals surface area contributed by atoms with Gasteiger partial charge in [0.25, 0.3) is 10.0 Å². The molecule has 1 aromatic heterocycles. The molecule has 0 amide bonds. The van der Waals surface area contributed by atoms with E-state index in [1.165, 1.54) is 18.3 Å². The second kappa shape index (κ2) is 5.23. The van der Waals surface area contributed by atoms with Crippen molar-refractivity contribution < 1.29 is 17.9 Å². The summed E-state index contributed by atoms with van der Waals surface area (Å²) in [6.07, 6.45) is 2.30. The number of hydrogen-bond acceptors (Lipinski definition) is 5. The summed E-state index contributed by atoms with van der Waals surface area (Å²) in [4.78, 5) is 11.6. The van der Waals surface area contributed by atoms with Gasteiger partial charge in [-0.3, -0.25) is 0 Å². The highest BCUT2D eigenvalue weighted by molar-refractivity contribution is 7.89. The second-order valence-corrected chi connectivity index (χ2v) is 5.44. The summed E-state index contributed by atoms with van der Waals surface area (Å²) in [5, 5.41) is 3.70. The van der Waals surface area contributed by atoms with Crippen molar-refractivity contribution in [1.29, 1.82) is 0 Å². The zero-order chi connectivity index (χ0) is 13.9. The minimum atomic E-state index is -3.77. The molecule has 0 unspecified atom stereocenters. The summed E-state index contributed by atoms with van der Waals surface area (Å²) < 4.78 is 29.9. The number of esters is 1. The summed E-state index contributed by atoms with van der Waals surface area (Å²) >= 11 is 0. The Kier molecular flexibility index (Phi) is 3.66. The maximum absolute atomic E-state index is 12.2. The van der Waals surface area contributed by atoms with E-state index in [0.29, 0.717) is 0 Å². The zero-order valence-electron chi connectivity index (χ0n) is 10.2. The van der Waals surface area contributed by atoms with E-state index in [4.69, 9.17) is 4.74 Å². The predicted molar refractivity (Wildman–Crippen MR) is 67.2 cm³/mol. The highest BCUT2D eigenvalue weighted by atomic mass is 32.2. The van der Waals surface area contributed by atoms with Crippen LogP contribution >= 0.6 is 0 Å². The van der Waals surface area contributed by atoms with Gasteiger partial charge in [0.15, 0.2) is 0 Å². The van der Waals surface area contributed by atoms with Crippen LogP contribution in [0.1, 0.15) is 17.3 Å². The highest BCUT2D eigenvalue weighted by Crippen LogP contribution is 2.13. The lowest BCUT2D eigenvalue weighted by Crippen LogP contribution is -2.13. The van der Waals surface area contributed by atoms with Gasteiger partial charge in [0.2, 0.25) is 0 Å². The quantitative estimate of drug-likeness (QED) is 0.789. The molecule has 2 rings (SSSR count). The maximum atomic E-state index is 12.2. The summed E-state index contributed by atoms with van der Waals surface area (Å²) in [7, 11) is -3.77. The second-order valence-electron chi connectivity index (χ2n) is 3.64. The smallest absolute Gasteiger partial charge is 0.341 e. The molecule has 0 N–H and O–H groups in total. The normalized spacial score (nSPS) is 11.2. The number of carbonyl (C=O) groups excluding carboxylic acids is 1. The molecule has 6 nitrogen and oxygen atoms in total. The van der Waals surface area contributed by atoms with Gasteiger partial charge in [-0.25, -0.2) is 4.79 Å². The Morgan fingerprint density at radius 2 is 2.00 bits per heavy atom. The molecule has 7 heteroatoms. The van der Waals surface area contributed by atoms with E-state index >= 15 is 0 Å². The van der Waals surface area contributed by atoms with Crippen LogP contribution in [0.4, 0.5) is 0 Å². The molecule has 100 valence electrons. The van der Waals surface area contributed by atoms with Gasteiger partial charge in [-0.2, -0.15) is 17.6 Å². The van der Waals surface area contributed by atoms with Gasteiger partial charge in [0, 0.05) is 0 Å². The lowest BCUT2D eigenvalue weighted by atomic mass is 10.4. The van der Waals surface area contributed by atoms with Crippen molar-refractivity contribution in [2.75, 3.05) is 6.61 Å². The molecular formula is C12H12N2O4S. The summed E-state index contributed by atoms with van der Waals surface area (Å²) in [6.45, 7) is 1.89. The van der Waals surface area contributed by atoms with Crippen LogP contribution in [0.15, 0.2) is 47.6 Å². The largest absolute Gasteiger partial charge is 0.462 e. The van der Waals surface area contributed by atoms with Crippen molar-refractivity contribution in [2.24, 2.45) is 0 Å². The summed E-state index contributed by atoms with van der Waals surface area (Å²) in [5.41, 5.74) is 0.0985. The molecule has 0 aliphatic heterocycles. The van der Waals surface area contributed by atoms with Gasteiger partial charge in [-0.05, 0) is 19.1 Å². The van der Waals surface area contributed by atoms with Crippen LogP contribution in [0.3, 0.4) is 0 Å². The first kappa shape index (κ1) is 13.3. The monoisotopic (exact) mass is 280 g/mol. The SMILES string of the molecule is CCOC(=O)c1cnn(S(=O)(=O)c2ccccc2)c1. The standard InChI is InChI=1S/C12H12N2O4S/c1-2-18-12(15)10-8-13-14(9-10)19(16,17)11-6-4-3-5-7-11/h3-9H,2H2,1H3. The Morgan fingerprint density at radius 1 is 1.32 bits per heavy atom. The first-order valence-electron chi connectivity index (χ1n) is 5.58. The van der Waals surface area contributed by atoms with Crippen LogP contribution in [0, 0.1) is 0 Å². The number of nitrogens with zero attached hydrogens (tertiary/aromatic N) is 2. The van der Waals surface area contributed by atoms with Crippen molar-refractivity contribution >= 4 is 16.0 Å². The number of ether oxygens (including phenoxy) is 1. The van der Waals surface area contributed by atoms with Crippen LogP contribution in [-0.4, -0.2) is 30.2 Å². The minimum Gasteiger partial charge on any atom is -0.462 e. The third kappa shape index (κ3) is 2.65. The van der Waals surface area contributed by atoms with E-state index < -0.39 is 16.0 Å². The fourth-order valence-corrected chi connectivity index (χ4v) is 2.60. The Morgan fingerprint density at radius 3 is 2.63 bits per heavy atom. The van der Waals surface area contributed by atoms with Crippen molar-refractivity contribution in [3.63, 3.8) is 0 Å². The van der Waals surface area contributed by atoms with Gasteiger partial charge < -0.3 is 4.74 Å². The third-order valence-electron chi connectivity index (χ3n) is 2.36. The summed E-state index contributed by atoms with van der Waals surface area (Å²) in [6, 6.07) is 7.86. The highest BCUT2D eigenvalue weighted by Gasteiger charge is 2.19. The van der Waals surface area contributed by atoms with E-state index in [-0.39, 0.29) is 17.1 Å². The maximum Gasteiger partial charge on any atom is 0.341 e. The molecular weight excluding hydrogens is 268 g/mol. The average molecular weight is 280 g/mol. The molecule has 0 radical (unpaired) electrons. The lowest BCUT2D eigenvalue weighted by Gasteiger charge is -2.03. The van der Waals surface area contributed by atoms with Gasteiger partial charge in [-0.1, -0.05) is 18.2 Å². The molecule has 1 heterocycles. The molecule has 19 heavy (non-hydrogen) atoms. The van der Waals surface area contributed by atoms with Crippen LogP contribution in [0.2, 0.25) is 0 Å². The minimum absolute atomic E-state index is 0.0985. The van der Waals surface area contributed by atoms with Crippen LogP contribution in [-0.2, 0) is 14.8 Å². The van der Waals surface area contributed by atoms with E-state index in [9.17, 15) is 13.2 Å². The first-order chi connectivity index (χ1) is 9.05. The van der Waals surface area contributed by atoms with Crippen LogP contribution in [0.5, 0.6) is 0 Å². The van der Waals surface area contributed by atoms with Crippen LogP contribution in [0.25, 0.3) is 0 Å². The molecule has 0 fully saturated rings. The lowest BCUT2D eigenvalue weighted by molar-refractivity contribution is 0.0526. The topological polar surface area (TPSA) is 78.3 Å². The van der Waals surface area contributed by atoms with E-state index in [1.54, 1.807) is 25.1 Å². The Balaban J connectivity index is 2.36. The molecule has 1 aromatic carbocycles. The van der Waals surface area contributed by atoms with Crippen molar-refractivity contribution in [3.05, 3.63) is 48.3 Å². The molecule has 0 aliphatic rings.